The van der Waals surface area contributed by atoms with E-state index in [1.165, 1.54) is 0 Å². The van der Waals surface area contributed by atoms with Crippen molar-refractivity contribution in [2.75, 3.05) is 32.7 Å². The van der Waals surface area contributed by atoms with Crippen molar-refractivity contribution in [3.63, 3.8) is 0 Å². The van der Waals surface area contributed by atoms with Gasteiger partial charge in [-0.25, -0.2) is 4.98 Å². The molecule has 0 aliphatic carbocycles. The van der Waals surface area contributed by atoms with Crippen molar-refractivity contribution in [1.29, 1.82) is 0 Å². The van der Waals surface area contributed by atoms with E-state index in [1.807, 2.05) is 29.7 Å². The first-order valence-electron chi connectivity index (χ1n) is 8.19. The average Bonchev–Trinajstić information content (AvgIpc) is 2.84. The normalized spacial score (nSPS) is 17.0. The van der Waals surface area contributed by atoms with Crippen LogP contribution in [0, 0.1) is 6.92 Å². The molecule has 1 aliphatic heterocycles. The molecule has 0 atom stereocenters. The molecule has 0 aromatic carbocycles. The summed E-state index contributed by atoms with van der Waals surface area (Å²) in [5.41, 5.74) is 3.66. The van der Waals surface area contributed by atoms with Crippen molar-refractivity contribution in [2.24, 2.45) is 0 Å². The third-order valence-corrected chi connectivity index (χ3v) is 4.57. The first kappa shape index (κ1) is 16.0. The number of carboxylic acid groups (broad SMARTS) is 1. The molecular formula is C17H24N4O2. The second-order valence-electron chi connectivity index (χ2n) is 6.22. The molecule has 1 N–H and O–H groups in total. The molecule has 2 aromatic heterocycles. The predicted molar refractivity (Wildman–Crippen MR) is 88.7 cm³/mol. The van der Waals surface area contributed by atoms with Gasteiger partial charge in [-0.3, -0.25) is 9.69 Å². The maximum atomic E-state index is 11.2. The van der Waals surface area contributed by atoms with E-state index in [4.69, 9.17) is 0 Å². The highest BCUT2D eigenvalue weighted by atomic mass is 16.4. The van der Waals surface area contributed by atoms with Crippen LogP contribution in [0.1, 0.15) is 23.9 Å². The minimum atomic E-state index is -0.831. The van der Waals surface area contributed by atoms with Crippen molar-refractivity contribution in [3.8, 4) is 0 Å². The number of pyridine rings is 1. The van der Waals surface area contributed by atoms with Crippen LogP contribution < -0.4 is 0 Å². The standard InChI is InChI=1S/C17H24N4O2/c1-3-19-6-8-20(9-7-19)12-15-14(11-17(22)23)18-16-10-13(2)4-5-21(15)16/h4-5,10H,3,6-9,11-12H2,1-2H3,(H,22,23). The minimum absolute atomic E-state index is 0.0228. The monoisotopic (exact) mass is 316 g/mol. The van der Waals surface area contributed by atoms with Gasteiger partial charge in [0.2, 0.25) is 0 Å². The van der Waals surface area contributed by atoms with Crippen LogP contribution in [-0.2, 0) is 17.8 Å². The van der Waals surface area contributed by atoms with Crippen LogP contribution in [0.25, 0.3) is 5.65 Å². The first-order valence-corrected chi connectivity index (χ1v) is 8.19. The zero-order valence-electron chi connectivity index (χ0n) is 13.8. The maximum Gasteiger partial charge on any atom is 0.309 e. The molecule has 3 rings (SSSR count). The minimum Gasteiger partial charge on any atom is -0.481 e. The highest BCUT2D eigenvalue weighted by Crippen LogP contribution is 2.18. The van der Waals surface area contributed by atoms with Gasteiger partial charge in [-0.1, -0.05) is 6.92 Å². The molecule has 1 saturated heterocycles. The molecule has 6 heteroatoms. The van der Waals surface area contributed by atoms with Crippen LogP contribution in [0.5, 0.6) is 0 Å². The van der Waals surface area contributed by atoms with Gasteiger partial charge in [-0.2, -0.15) is 0 Å². The van der Waals surface area contributed by atoms with Crippen LogP contribution >= 0.6 is 0 Å². The molecule has 0 unspecified atom stereocenters. The first-order chi connectivity index (χ1) is 11.1. The van der Waals surface area contributed by atoms with E-state index in [0.29, 0.717) is 5.69 Å². The molecule has 0 saturated carbocycles. The third-order valence-electron chi connectivity index (χ3n) is 4.57. The zero-order chi connectivity index (χ0) is 16.4. The molecule has 0 radical (unpaired) electrons. The summed E-state index contributed by atoms with van der Waals surface area (Å²) in [4.78, 5) is 20.6. The summed E-state index contributed by atoms with van der Waals surface area (Å²) in [6.07, 6.45) is 1.98. The van der Waals surface area contributed by atoms with Gasteiger partial charge in [-0.15, -0.1) is 0 Å². The van der Waals surface area contributed by atoms with Crippen molar-refractivity contribution < 1.29 is 9.90 Å². The summed E-state index contributed by atoms with van der Waals surface area (Å²) in [6, 6.07) is 4.04. The van der Waals surface area contributed by atoms with Crippen molar-refractivity contribution in [1.82, 2.24) is 19.2 Å². The number of hydrogen-bond donors (Lipinski definition) is 1. The highest BCUT2D eigenvalue weighted by molar-refractivity contribution is 5.70. The van der Waals surface area contributed by atoms with Gasteiger partial charge in [0.15, 0.2) is 0 Å². The summed E-state index contributed by atoms with van der Waals surface area (Å²) in [7, 11) is 0. The second kappa shape index (κ2) is 6.68. The molecule has 3 heterocycles. The lowest BCUT2D eigenvalue weighted by Gasteiger charge is -2.34. The van der Waals surface area contributed by atoms with Gasteiger partial charge in [0.05, 0.1) is 17.8 Å². The van der Waals surface area contributed by atoms with Gasteiger partial charge in [-0.05, 0) is 31.2 Å². The number of imidazole rings is 1. The Bertz CT molecular complexity index is 702. The Morgan fingerprint density at radius 1 is 1.26 bits per heavy atom. The Balaban J connectivity index is 1.87. The van der Waals surface area contributed by atoms with E-state index in [9.17, 15) is 9.90 Å². The molecule has 0 amide bonds. The molecule has 6 nitrogen and oxygen atoms in total. The number of hydrogen-bond acceptors (Lipinski definition) is 4. The van der Waals surface area contributed by atoms with Crippen molar-refractivity contribution >= 4 is 11.6 Å². The molecule has 2 aromatic rings. The van der Waals surface area contributed by atoms with E-state index in [-0.39, 0.29) is 6.42 Å². The summed E-state index contributed by atoms with van der Waals surface area (Å²) in [5.74, 6) is -0.831. The average molecular weight is 316 g/mol. The predicted octanol–water partition coefficient (Wildman–Crippen LogP) is 1.41. The van der Waals surface area contributed by atoms with Crippen LogP contribution in [0.4, 0.5) is 0 Å². The van der Waals surface area contributed by atoms with Gasteiger partial charge in [0.25, 0.3) is 0 Å². The van der Waals surface area contributed by atoms with E-state index >= 15 is 0 Å². The zero-order valence-corrected chi connectivity index (χ0v) is 13.8. The van der Waals surface area contributed by atoms with Crippen LogP contribution in [-0.4, -0.2) is 63.0 Å². The topological polar surface area (TPSA) is 61.1 Å². The fourth-order valence-electron chi connectivity index (χ4n) is 3.17. The quantitative estimate of drug-likeness (QED) is 0.904. The number of rotatable bonds is 5. The summed E-state index contributed by atoms with van der Waals surface area (Å²) >= 11 is 0. The highest BCUT2D eigenvalue weighted by Gasteiger charge is 2.20. The summed E-state index contributed by atoms with van der Waals surface area (Å²) in [6.45, 7) is 10.2. The lowest BCUT2D eigenvalue weighted by atomic mass is 10.2. The van der Waals surface area contributed by atoms with Crippen molar-refractivity contribution in [2.45, 2.75) is 26.8 Å². The van der Waals surface area contributed by atoms with Crippen molar-refractivity contribution in [3.05, 3.63) is 35.3 Å². The fraction of sp³-hybridized carbons (Fsp3) is 0.529. The number of fused-ring (bicyclic) bond motifs is 1. The van der Waals surface area contributed by atoms with Gasteiger partial charge in [0, 0.05) is 38.9 Å². The molecule has 0 spiro atoms. The molecule has 1 aliphatic rings. The number of likely N-dealkylation sites (N-methyl/N-ethyl adjacent to an activating group) is 1. The Hall–Kier alpha value is -1.92. The number of aryl methyl sites for hydroxylation is 1. The van der Waals surface area contributed by atoms with E-state index in [2.05, 4.69) is 21.7 Å². The fourth-order valence-corrected chi connectivity index (χ4v) is 3.17. The summed E-state index contributed by atoms with van der Waals surface area (Å²) < 4.78 is 2.04. The van der Waals surface area contributed by atoms with E-state index < -0.39 is 5.97 Å². The van der Waals surface area contributed by atoms with Crippen LogP contribution in [0.15, 0.2) is 18.3 Å². The Morgan fingerprint density at radius 3 is 2.61 bits per heavy atom. The number of carboxylic acids is 1. The lowest BCUT2D eigenvalue weighted by molar-refractivity contribution is -0.136. The van der Waals surface area contributed by atoms with Gasteiger partial charge < -0.3 is 14.4 Å². The largest absolute Gasteiger partial charge is 0.481 e. The van der Waals surface area contributed by atoms with Crippen LogP contribution in [0.2, 0.25) is 0 Å². The number of piperazine rings is 1. The summed E-state index contributed by atoms with van der Waals surface area (Å²) in [5, 5.41) is 9.17. The molecular weight excluding hydrogens is 292 g/mol. The SMILES string of the molecule is CCN1CCN(Cc2c(CC(=O)O)nc3cc(C)ccn23)CC1. The van der Waals surface area contributed by atoms with Crippen LogP contribution in [0.3, 0.4) is 0 Å². The Kier molecular flexibility index (Phi) is 4.63. The Labute approximate surface area is 136 Å². The second-order valence-corrected chi connectivity index (χ2v) is 6.22. The molecule has 1 fully saturated rings. The molecule has 23 heavy (non-hydrogen) atoms. The smallest absolute Gasteiger partial charge is 0.309 e. The number of aliphatic carboxylic acids is 1. The van der Waals surface area contributed by atoms with E-state index in [1.54, 1.807) is 0 Å². The molecule has 0 bridgehead atoms. The lowest BCUT2D eigenvalue weighted by Crippen LogP contribution is -2.45. The van der Waals surface area contributed by atoms with Gasteiger partial charge in [0.1, 0.15) is 5.65 Å². The number of aromatic nitrogens is 2. The Morgan fingerprint density at radius 2 is 1.96 bits per heavy atom. The third kappa shape index (κ3) is 3.54. The molecule has 124 valence electrons. The number of nitrogens with zero attached hydrogens (tertiary/aromatic N) is 4. The van der Waals surface area contributed by atoms with E-state index in [0.717, 1.165) is 56.2 Å². The number of carbonyl (C=O) groups is 1. The maximum absolute atomic E-state index is 11.2. The van der Waals surface area contributed by atoms with Gasteiger partial charge >= 0.3 is 5.97 Å².